The van der Waals surface area contributed by atoms with Crippen molar-refractivity contribution in [2.24, 2.45) is 5.92 Å². The molecule has 2 aromatic carbocycles. The van der Waals surface area contributed by atoms with Crippen LogP contribution < -0.4 is 0 Å². The van der Waals surface area contributed by atoms with Gasteiger partial charge in [0.25, 0.3) is 0 Å². The lowest BCUT2D eigenvalue weighted by Gasteiger charge is -2.30. The molecule has 0 unspecified atom stereocenters. The van der Waals surface area contributed by atoms with Crippen LogP contribution in [-0.2, 0) is 6.42 Å². The zero-order chi connectivity index (χ0) is 15.5. The number of Topliss-reactive ketones (excluding diaryl/α,β-unsaturated/α-hetero) is 1. The van der Waals surface area contributed by atoms with Gasteiger partial charge in [-0.05, 0) is 43.2 Å². The van der Waals surface area contributed by atoms with Crippen molar-refractivity contribution >= 4 is 5.78 Å². The van der Waals surface area contributed by atoms with E-state index in [4.69, 9.17) is 0 Å². The van der Waals surface area contributed by atoms with Crippen LogP contribution in [0.2, 0.25) is 0 Å². The predicted octanol–water partition coefficient (Wildman–Crippen LogP) is 5.10. The second-order valence-corrected chi connectivity index (χ2v) is 6.21. The van der Waals surface area contributed by atoms with Crippen molar-refractivity contribution < 1.29 is 4.79 Å². The van der Waals surface area contributed by atoms with Gasteiger partial charge < -0.3 is 0 Å². The molecule has 0 aliphatic heterocycles. The SMILES string of the molecule is C=CC[C@@H](c1ccc(C)cc1)[C@@H]1CCc2ccccc2C1=O. The van der Waals surface area contributed by atoms with Crippen LogP contribution in [0.3, 0.4) is 0 Å². The molecule has 0 amide bonds. The number of carbonyl (C=O) groups excluding carboxylic acids is 1. The Labute approximate surface area is 132 Å². The van der Waals surface area contributed by atoms with Crippen molar-refractivity contribution in [3.8, 4) is 0 Å². The molecular weight excluding hydrogens is 268 g/mol. The highest BCUT2D eigenvalue weighted by Crippen LogP contribution is 2.37. The monoisotopic (exact) mass is 290 g/mol. The summed E-state index contributed by atoms with van der Waals surface area (Å²) in [6.07, 6.45) is 4.72. The Morgan fingerprint density at radius 2 is 1.91 bits per heavy atom. The highest BCUT2D eigenvalue weighted by atomic mass is 16.1. The fraction of sp³-hybridized carbons (Fsp3) is 0.286. The largest absolute Gasteiger partial charge is 0.294 e. The minimum atomic E-state index is 0.0654. The Balaban J connectivity index is 1.94. The van der Waals surface area contributed by atoms with Crippen LogP contribution in [0, 0.1) is 12.8 Å². The first-order chi connectivity index (χ1) is 10.7. The predicted molar refractivity (Wildman–Crippen MR) is 91.3 cm³/mol. The normalized spacial score (nSPS) is 18.6. The minimum Gasteiger partial charge on any atom is -0.294 e. The van der Waals surface area contributed by atoms with Gasteiger partial charge >= 0.3 is 0 Å². The van der Waals surface area contributed by atoms with Crippen molar-refractivity contribution in [2.75, 3.05) is 0 Å². The second kappa shape index (κ2) is 6.31. The van der Waals surface area contributed by atoms with Crippen molar-refractivity contribution in [3.63, 3.8) is 0 Å². The van der Waals surface area contributed by atoms with Gasteiger partial charge in [0.15, 0.2) is 5.78 Å². The highest BCUT2D eigenvalue weighted by Gasteiger charge is 2.33. The van der Waals surface area contributed by atoms with Crippen LogP contribution in [0.1, 0.15) is 45.8 Å². The Morgan fingerprint density at radius 1 is 1.18 bits per heavy atom. The highest BCUT2D eigenvalue weighted by molar-refractivity contribution is 6.00. The molecule has 1 aliphatic rings. The third-order valence-corrected chi connectivity index (χ3v) is 4.76. The van der Waals surface area contributed by atoms with Gasteiger partial charge in [0.05, 0.1) is 0 Å². The number of fused-ring (bicyclic) bond motifs is 1. The first-order valence-corrected chi connectivity index (χ1v) is 8.00. The quantitative estimate of drug-likeness (QED) is 0.716. The number of hydrogen-bond acceptors (Lipinski definition) is 1. The number of rotatable bonds is 4. The number of hydrogen-bond donors (Lipinski definition) is 0. The third-order valence-electron chi connectivity index (χ3n) is 4.76. The van der Waals surface area contributed by atoms with Crippen molar-refractivity contribution in [1.29, 1.82) is 0 Å². The summed E-state index contributed by atoms with van der Waals surface area (Å²) in [4.78, 5) is 12.9. The number of benzene rings is 2. The first-order valence-electron chi connectivity index (χ1n) is 8.00. The molecule has 0 bridgehead atoms. The van der Waals surface area contributed by atoms with E-state index in [9.17, 15) is 4.79 Å². The molecule has 0 saturated carbocycles. The third kappa shape index (κ3) is 2.76. The van der Waals surface area contributed by atoms with Gasteiger partial charge in [-0.25, -0.2) is 0 Å². The van der Waals surface area contributed by atoms with E-state index in [0.29, 0.717) is 5.78 Å². The van der Waals surface area contributed by atoms with Crippen LogP contribution in [0.15, 0.2) is 61.2 Å². The number of aryl methyl sites for hydroxylation is 2. The van der Waals surface area contributed by atoms with Gasteiger partial charge in [0.2, 0.25) is 0 Å². The van der Waals surface area contributed by atoms with Gasteiger partial charge in [0.1, 0.15) is 0 Å². The Kier molecular flexibility index (Phi) is 4.24. The van der Waals surface area contributed by atoms with Crippen molar-refractivity contribution in [3.05, 3.63) is 83.4 Å². The fourth-order valence-corrected chi connectivity index (χ4v) is 3.53. The lowest BCUT2D eigenvalue weighted by molar-refractivity contribution is 0.0879. The van der Waals surface area contributed by atoms with E-state index in [1.165, 1.54) is 16.7 Å². The standard InChI is InChI=1S/C21H22O/c1-3-6-18(17-11-9-15(2)10-12-17)20-14-13-16-7-4-5-8-19(16)21(20)22/h3-5,7-12,18,20H,1,6,13-14H2,2H3/t18-,20-/m0/s1. The maximum atomic E-state index is 12.9. The Hall–Kier alpha value is -2.15. The average Bonchev–Trinajstić information content (AvgIpc) is 2.55. The zero-order valence-corrected chi connectivity index (χ0v) is 13.1. The lowest BCUT2D eigenvalue weighted by atomic mass is 9.72. The van der Waals surface area contributed by atoms with Crippen LogP contribution in [-0.4, -0.2) is 5.78 Å². The summed E-state index contributed by atoms with van der Waals surface area (Å²) >= 11 is 0. The summed E-state index contributed by atoms with van der Waals surface area (Å²) in [5.74, 6) is 0.601. The molecule has 1 aliphatic carbocycles. The van der Waals surface area contributed by atoms with Crippen molar-refractivity contribution in [1.82, 2.24) is 0 Å². The van der Waals surface area contributed by atoms with E-state index < -0.39 is 0 Å². The van der Waals surface area contributed by atoms with E-state index in [0.717, 1.165) is 24.8 Å². The van der Waals surface area contributed by atoms with Gasteiger partial charge in [-0.1, -0.05) is 60.2 Å². The summed E-state index contributed by atoms with van der Waals surface area (Å²) in [5, 5.41) is 0. The number of allylic oxidation sites excluding steroid dienone is 1. The average molecular weight is 290 g/mol. The summed E-state index contributed by atoms with van der Waals surface area (Å²) < 4.78 is 0. The molecule has 0 fully saturated rings. The molecule has 112 valence electrons. The molecule has 2 aromatic rings. The van der Waals surface area contributed by atoms with Gasteiger partial charge in [-0.3, -0.25) is 4.79 Å². The topological polar surface area (TPSA) is 17.1 Å². The Bertz CT molecular complexity index is 681. The van der Waals surface area contributed by atoms with E-state index in [1.807, 2.05) is 24.3 Å². The first kappa shape index (κ1) is 14.8. The van der Waals surface area contributed by atoms with Gasteiger partial charge in [0, 0.05) is 11.5 Å². The van der Waals surface area contributed by atoms with Crippen LogP contribution in [0.4, 0.5) is 0 Å². The van der Waals surface area contributed by atoms with Gasteiger partial charge in [-0.15, -0.1) is 6.58 Å². The molecule has 1 heteroatoms. The van der Waals surface area contributed by atoms with Crippen molar-refractivity contribution in [2.45, 2.75) is 32.1 Å². The van der Waals surface area contributed by atoms with E-state index in [2.05, 4.69) is 43.8 Å². The molecule has 0 saturated heterocycles. The lowest BCUT2D eigenvalue weighted by Crippen LogP contribution is -2.28. The number of ketones is 1. The zero-order valence-electron chi connectivity index (χ0n) is 13.1. The molecule has 22 heavy (non-hydrogen) atoms. The van der Waals surface area contributed by atoms with E-state index in [-0.39, 0.29) is 11.8 Å². The van der Waals surface area contributed by atoms with E-state index >= 15 is 0 Å². The molecule has 0 radical (unpaired) electrons. The molecular formula is C21H22O. The summed E-state index contributed by atoms with van der Waals surface area (Å²) in [6.45, 7) is 5.99. The molecule has 2 atom stereocenters. The molecule has 1 nitrogen and oxygen atoms in total. The fourth-order valence-electron chi connectivity index (χ4n) is 3.53. The molecule has 0 aromatic heterocycles. The van der Waals surface area contributed by atoms with Crippen LogP contribution >= 0.6 is 0 Å². The summed E-state index contributed by atoms with van der Waals surface area (Å²) in [6, 6.07) is 16.6. The van der Waals surface area contributed by atoms with Crippen LogP contribution in [0.5, 0.6) is 0 Å². The molecule has 3 rings (SSSR count). The molecule has 0 N–H and O–H groups in total. The van der Waals surface area contributed by atoms with E-state index in [1.54, 1.807) is 0 Å². The smallest absolute Gasteiger partial charge is 0.166 e. The summed E-state index contributed by atoms with van der Waals surface area (Å²) in [5.41, 5.74) is 4.62. The maximum absolute atomic E-state index is 12.9. The molecule has 0 spiro atoms. The van der Waals surface area contributed by atoms with Gasteiger partial charge in [-0.2, -0.15) is 0 Å². The Morgan fingerprint density at radius 3 is 2.64 bits per heavy atom. The maximum Gasteiger partial charge on any atom is 0.166 e. The van der Waals surface area contributed by atoms with Crippen LogP contribution in [0.25, 0.3) is 0 Å². The minimum absolute atomic E-state index is 0.0654. The molecule has 0 heterocycles. The summed E-state index contributed by atoms with van der Waals surface area (Å²) in [7, 11) is 0. The second-order valence-electron chi connectivity index (χ2n) is 6.21. The number of carbonyl (C=O) groups is 1.